The molecule has 32 valence electrons. The molecule has 3 heteroatoms. The van der Waals surface area contributed by atoms with Gasteiger partial charge in [-0.15, -0.1) is 0 Å². The summed E-state index contributed by atoms with van der Waals surface area (Å²) in [5, 5.41) is 12.6. The maximum Gasteiger partial charge on any atom is 0.106 e. The zero-order valence-corrected chi connectivity index (χ0v) is 3.18. The second-order valence-corrected chi connectivity index (χ2v) is 0.594. The van der Waals surface area contributed by atoms with Crippen LogP contribution in [-0.4, -0.2) is 18.8 Å². The summed E-state index contributed by atoms with van der Waals surface area (Å²) in [5.74, 6) is 0. The average Bonchev–Trinajstić information content (AvgIpc) is 1.61. The highest BCUT2D eigenvalue weighted by molar-refractivity contribution is 6.16. The minimum absolute atomic E-state index is 0.880. The van der Waals surface area contributed by atoms with Gasteiger partial charge in [0.25, 0.3) is 0 Å². The fraction of sp³-hybridized carbons (Fsp3) is 0. The van der Waals surface area contributed by atoms with Crippen molar-refractivity contribution in [2.75, 3.05) is 0 Å². The third kappa shape index (κ3) is 3.01. The van der Waals surface area contributed by atoms with Crippen LogP contribution in [-0.2, 0) is 0 Å². The van der Waals surface area contributed by atoms with Gasteiger partial charge in [0.15, 0.2) is 0 Å². The first-order valence-corrected chi connectivity index (χ1v) is 1.43. The van der Waals surface area contributed by atoms with Crippen LogP contribution in [0.2, 0.25) is 0 Å². The Bertz CT molecular complexity index is 64.1. The lowest BCUT2D eigenvalue weighted by atomic mass is 10.8. The van der Waals surface area contributed by atoms with Gasteiger partial charge in [0.05, 0.1) is 0 Å². The van der Waals surface area contributed by atoms with Crippen LogP contribution in [0.5, 0.6) is 0 Å². The van der Waals surface area contributed by atoms with E-state index in [0.29, 0.717) is 0 Å². The minimum atomic E-state index is 0.880. The Balaban J connectivity index is 3.17. The van der Waals surface area contributed by atoms with Crippen molar-refractivity contribution >= 4 is 18.8 Å². The topological polar surface area (TPSA) is 60.1 Å². The molecule has 0 aromatic carbocycles. The molecule has 6 heavy (non-hydrogen) atoms. The van der Waals surface area contributed by atoms with Gasteiger partial charge in [0, 0.05) is 12.4 Å². The van der Waals surface area contributed by atoms with E-state index >= 15 is 0 Å². The summed E-state index contributed by atoms with van der Waals surface area (Å²) in [5.41, 5.74) is 0. The molecule has 0 aliphatic heterocycles. The first-order chi connectivity index (χ1) is 2.91. The van der Waals surface area contributed by atoms with Crippen LogP contribution in [0.15, 0.2) is 4.99 Å². The predicted octanol–water partition coefficient (Wildman–Crippen LogP) is 0.314. The maximum absolute atomic E-state index is 6.33. The quantitative estimate of drug-likeness (QED) is 0.356. The summed E-state index contributed by atoms with van der Waals surface area (Å²) in [7, 11) is 0. The number of hydrogen-bond acceptors (Lipinski definition) is 2. The molecule has 0 aromatic rings. The summed E-state index contributed by atoms with van der Waals surface area (Å²) in [6, 6.07) is 0. The van der Waals surface area contributed by atoms with Crippen molar-refractivity contribution in [1.82, 2.24) is 0 Å². The minimum Gasteiger partial charge on any atom is -0.307 e. The van der Waals surface area contributed by atoms with E-state index in [2.05, 4.69) is 4.99 Å². The van der Waals surface area contributed by atoms with Gasteiger partial charge in [-0.3, -0.25) is 5.41 Å². The van der Waals surface area contributed by atoms with Crippen LogP contribution < -0.4 is 0 Å². The van der Waals surface area contributed by atoms with E-state index in [-0.39, 0.29) is 0 Å². The van der Waals surface area contributed by atoms with Crippen molar-refractivity contribution in [3.63, 3.8) is 0 Å². The lowest BCUT2D eigenvalue weighted by Crippen LogP contribution is -1.68. The van der Waals surface area contributed by atoms with Gasteiger partial charge in [-0.1, -0.05) is 0 Å². The van der Waals surface area contributed by atoms with Crippen LogP contribution in [0.3, 0.4) is 0 Å². The first-order valence-electron chi connectivity index (χ1n) is 1.43. The third-order valence-electron chi connectivity index (χ3n) is 0.235. The summed E-state index contributed by atoms with van der Waals surface area (Å²) < 4.78 is 0. The summed E-state index contributed by atoms with van der Waals surface area (Å²) >= 11 is 0. The van der Waals surface area contributed by atoms with E-state index in [0.717, 1.165) is 12.6 Å². The molecule has 2 N–H and O–H groups in total. The number of aliphatic imine (C=N–C) groups is 1. The molecule has 0 radical (unpaired) electrons. The molecule has 0 heterocycles. The Kier molecular flexibility index (Phi) is 3.35. The standard InChI is InChI=1S/C3H5N3/c4-1-2-6-3-5/h1-5H/b4-1?,5-3?,6-2-. The van der Waals surface area contributed by atoms with Crippen LogP contribution in [0, 0.1) is 10.8 Å². The molecule has 0 aliphatic rings. The molecular weight excluding hydrogens is 78.1 g/mol. The van der Waals surface area contributed by atoms with Crippen molar-refractivity contribution in [3.8, 4) is 0 Å². The molecule has 0 saturated heterocycles. The van der Waals surface area contributed by atoms with E-state index in [4.69, 9.17) is 10.8 Å². The Morgan fingerprint density at radius 3 is 2.17 bits per heavy atom. The summed E-state index contributed by atoms with van der Waals surface area (Å²) in [6.45, 7) is 0. The molecule has 3 nitrogen and oxygen atoms in total. The number of nitrogens with one attached hydrogen (secondary N) is 2. The second-order valence-electron chi connectivity index (χ2n) is 0.594. The third-order valence-corrected chi connectivity index (χ3v) is 0.235. The zero-order valence-electron chi connectivity index (χ0n) is 3.18. The van der Waals surface area contributed by atoms with Gasteiger partial charge < -0.3 is 5.41 Å². The Hall–Kier alpha value is -0.990. The van der Waals surface area contributed by atoms with Crippen LogP contribution in [0.1, 0.15) is 0 Å². The van der Waals surface area contributed by atoms with Gasteiger partial charge >= 0.3 is 0 Å². The summed E-state index contributed by atoms with van der Waals surface area (Å²) in [6.07, 6.45) is 3.13. The fourth-order valence-electron chi connectivity index (χ4n) is 0.0861. The van der Waals surface area contributed by atoms with Gasteiger partial charge in [-0.05, 0) is 0 Å². The van der Waals surface area contributed by atoms with Gasteiger partial charge in [-0.25, -0.2) is 4.99 Å². The molecule has 0 spiro atoms. The fourth-order valence-corrected chi connectivity index (χ4v) is 0.0861. The predicted molar refractivity (Wildman–Crippen MR) is 26.1 cm³/mol. The smallest absolute Gasteiger partial charge is 0.106 e. The highest BCUT2D eigenvalue weighted by Gasteiger charge is 1.50. The van der Waals surface area contributed by atoms with E-state index < -0.39 is 0 Å². The van der Waals surface area contributed by atoms with E-state index in [9.17, 15) is 0 Å². The average molecular weight is 83.1 g/mol. The van der Waals surface area contributed by atoms with Gasteiger partial charge in [-0.2, -0.15) is 0 Å². The number of hydrogen-bond donors (Lipinski definition) is 2. The monoisotopic (exact) mass is 83.0 g/mol. The highest BCUT2D eigenvalue weighted by Crippen LogP contribution is 1.44. The zero-order chi connectivity index (χ0) is 4.83. The van der Waals surface area contributed by atoms with E-state index in [1.165, 1.54) is 6.21 Å². The van der Waals surface area contributed by atoms with Crippen LogP contribution in [0.4, 0.5) is 0 Å². The molecule has 0 aromatic heterocycles. The molecule has 0 saturated carbocycles. The molecule has 0 bridgehead atoms. The van der Waals surface area contributed by atoms with Crippen molar-refractivity contribution in [3.05, 3.63) is 0 Å². The Labute approximate surface area is 35.7 Å². The Morgan fingerprint density at radius 2 is 2.00 bits per heavy atom. The second kappa shape index (κ2) is 4.01. The van der Waals surface area contributed by atoms with Crippen molar-refractivity contribution in [1.29, 1.82) is 10.8 Å². The van der Waals surface area contributed by atoms with Gasteiger partial charge in [0.1, 0.15) is 6.34 Å². The molecule has 0 unspecified atom stereocenters. The number of nitrogens with zero attached hydrogens (tertiary/aromatic N) is 1. The number of rotatable bonds is 2. The molecule has 0 amide bonds. The maximum atomic E-state index is 6.33. The SMILES string of the molecule is N=C/C=N\C=N. The van der Waals surface area contributed by atoms with Crippen molar-refractivity contribution < 1.29 is 0 Å². The normalized spacial score (nSPS) is 8.67. The Morgan fingerprint density at radius 1 is 1.33 bits per heavy atom. The summed E-state index contributed by atoms with van der Waals surface area (Å²) in [4.78, 5) is 3.26. The molecular formula is C3H5N3. The van der Waals surface area contributed by atoms with Crippen LogP contribution in [0.25, 0.3) is 0 Å². The molecule has 0 aliphatic carbocycles. The molecule has 0 fully saturated rings. The molecule has 0 rings (SSSR count). The molecule has 0 atom stereocenters. The van der Waals surface area contributed by atoms with Crippen molar-refractivity contribution in [2.24, 2.45) is 4.99 Å². The van der Waals surface area contributed by atoms with Gasteiger partial charge in [0.2, 0.25) is 0 Å². The van der Waals surface area contributed by atoms with Crippen molar-refractivity contribution in [2.45, 2.75) is 0 Å². The largest absolute Gasteiger partial charge is 0.307 e. The first kappa shape index (κ1) is 5.01. The lowest BCUT2D eigenvalue weighted by Gasteiger charge is -1.60. The van der Waals surface area contributed by atoms with E-state index in [1.807, 2.05) is 0 Å². The highest BCUT2D eigenvalue weighted by atomic mass is 14.7. The van der Waals surface area contributed by atoms with Crippen LogP contribution >= 0.6 is 0 Å². The lowest BCUT2D eigenvalue weighted by molar-refractivity contribution is 1.52. The van der Waals surface area contributed by atoms with E-state index in [1.54, 1.807) is 0 Å².